The standard InChI is InChI=1S/C37H44N2O7/c1-8-9-24-16-25(17-31(45-7)35(24)46-22-23-10-12-26(13-11-23)39(42)43)32-33-27(18-36(2,3)20-29(33)40)38(14-15-44-6)28-19-37(4,5)21-30(41)34(28)32/h8,10-13,16-17,32H,1,9,14-15,18-22H2,2-7H3. The molecule has 0 saturated heterocycles. The van der Waals surface area contributed by atoms with Gasteiger partial charge in [0.1, 0.15) is 6.61 Å². The Morgan fingerprint density at radius 3 is 2.04 bits per heavy atom. The number of ketones is 2. The second-order valence-electron chi connectivity index (χ2n) is 14.1. The maximum absolute atomic E-state index is 14.1. The number of carbonyl (C=O) groups excluding carboxylic acids is 2. The van der Waals surface area contributed by atoms with E-state index in [-0.39, 0.29) is 34.7 Å². The van der Waals surface area contributed by atoms with Crippen LogP contribution >= 0.6 is 0 Å². The summed E-state index contributed by atoms with van der Waals surface area (Å²) in [6, 6.07) is 10.1. The van der Waals surface area contributed by atoms with E-state index < -0.39 is 10.8 Å². The molecule has 46 heavy (non-hydrogen) atoms. The predicted molar refractivity (Wildman–Crippen MR) is 176 cm³/mol. The molecule has 0 N–H and O–H groups in total. The SMILES string of the molecule is C=CCc1cc(C2C3=C(CC(C)(C)CC3=O)N(CCOC)C3=C2C(=O)CC(C)(C)C3)cc(OC)c1OCc1ccc([N+](=O)[O-])cc1. The average molecular weight is 629 g/mol. The van der Waals surface area contributed by atoms with Crippen molar-refractivity contribution in [2.45, 2.75) is 72.3 Å². The van der Waals surface area contributed by atoms with Gasteiger partial charge in [0.25, 0.3) is 5.69 Å². The van der Waals surface area contributed by atoms with Crippen LogP contribution in [-0.2, 0) is 27.4 Å². The molecule has 1 heterocycles. The first-order valence-electron chi connectivity index (χ1n) is 15.8. The molecule has 5 rings (SSSR count). The molecule has 2 aromatic carbocycles. The molecule has 0 amide bonds. The van der Waals surface area contributed by atoms with Crippen molar-refractivity contribution < 1.29 is 28.7 Å². The molecule has 0 aromatic heterocycles. The van der Waals surface area contributed by atoms with Crippen molar-refractivity contribution in [1.82, 2.24) is 4.90 Å². The summed E-state index contributed by atoms with van der Waals surface area (Å²) in [5.41, 5.74) is 5.29. The van der Waals surface area contributed by atoms with Gasteiger partial charge in [-0.1, -0.05) is 39.8 Å². The van der Waals surface area contributed by atoms with Crippen molar-refractivity contribution in [3.63, 3.8) is 0 Å². The highest BCUT2D eigenvalue weighted by Crippen LogP contribution is 2.55. The highest BCUT2D eigenvalue weighted by atomic mass is 16.6. The van der Waals surface area contributed by atoms with E-state index in [1.54, 1.807) is 32.4 Å². The Bertz CT molecular complexity index is 1580. The van der Waals surface area contributed by atoms with Gasteiger partial charge in [-0.2, -0.15) is 0 Å². The van der Waals surface area contributed by atoms with E-state index in [1.807, 2.05) is 12.1 Å². The number of non-ortho nitro benzene ring substituents is 1. The van der Waals surface area contributed by atoms with Gasteiger partial charge in [-0.25, -0.2) is 0 Å². The zero-order valence-corrected chi connectivity index (χ0v) is 27.7. The maximum Gasteiger partial charge on any atom is 0.269 e. The Morgan fingerprint density at radius 1 is 0.957 bits per heavy atom. The Morgan fingerprint density at radius 2 is 1.54 bits per heavy atom. The van der Waals surface area contributed by atoms with Gasteiger partial charge in [0.2, 0.25) is 0 Å². The highest BCUT2D eigenvalue weighted by molar-refractivity contribution is 6.06. The van der Waals surface area contributed by atoms with Crippen molar-refractivity contribution in [3.8, 4) is 11.5 Å². The molecule has 9 nitrogen and oxygen atoms in total. The number of nitro groups is 1. The molecule has 0 unspecified atom stereocenters. The van der Waals surface area contributed by atoms with Crippen molar-refractivity contribution >= 4 is 17.3 Å². The van der Waals surface area contributed by atoms with Gasteiger partial charge >= 0.3 is 0 Å². The minimum atomic E-state index is -0.530. The number of allylic oxidation sites excluding steroid dienone is 5. The van der Waals surface area contributed by atoms with Crippen LogP contribution in [0.3, 0.4) is 0 Å². The smallest absolute Gasteiger partial charge is 0.269 e. The molecule has 0 spiro atoms. The number of nitrogens with zero attached hydrogens (tertiary/aromatic N) is 2. The molecule has 0 bridgehead atoms. The first-order chi connectivity index (χ1) is 21.8. The monoisotopic (exact) mass is 628 g/mol. The van der Waals surface area contributed by atoms with Gasteiger partial charge in [0.05, 0.1) is 18.6 Å². The van der Waals surface area contributed by atoms with Gasteiger partial charge in [0.15, 0.2) is 23.1 Å². The first kappa shape index (κ1) is 33.1. The predicted octanol–water partition coefficient (Wildman–Crippen LogP) is 7.24. The van der Waals surface area contributed by atoms with E-state index in [9.17, 15) is 19.7 Å². The Kier molecular flexibility index (Phi) is 9.27. The molecular formula is C37H44N2O7. The summed E-state index contributed by atoms with van der Waals surface area (Å²) in [7, 11) is 3.24. The summed E-state index contributed by atoms with van der Waals surface area (Å²) in [6.07, 6.45) is 4.47. The van der Waals surface area contributed by atoms with Crippen LogP contribution in [0, 0.1) is 20.9 Å². The number of nitro benzene ring substituents is 1. The lowest BCUT2D eigenvalue weighted by Gasteiger charge is -2.49. The zero-order valence-electron chi connectivity index (χ0n) is 27.7. The molecule has 3 aliphatic rings. The third kappa shape index (κ3) is 6.51. The van der Waals surface area contributed by atoms with Crippen molar-refractivity contribution in [2.24, 2.45) is 10.8 Å². The fraction of sp³-hybridized carbons (Fsp3) is 0.459. The van der Waals surface area contributed by atoms with E-state index in [0.717, 1.165) is 28.1 Å². The number of rotatable bonds is 11. The highest BCUT2D eigenvalue weighted by Gasteiger charge is 2.49. The van der Waals surface area contributed by atoms with Crippen LogP contribution in [0.15, 0.2) is 71.6 Å². The average Bonchev–Trinajstić information content (AvgIpc) is 2.98. The van der Waals surface area contributed by atoms with Gasteiger partial charge < -0.3 is 19.1 Å². The molecular weight excluding hydrogens is 584 g/mol. The maximum atomic E-state index is 14.1. The lowest BCUT2D eigenvalue weighted by Crippen LogP contribution is -2.45. The second kappa shape index (κ2) is 12.9. The van der Waals surface area contributed by atoms with Crippen LogP contribution in [0.2, 0.25) is 0 Å². The van der Waals surface area contributed by atoms with Gasteiger partial charge in [0, 0.05) is 72.7 Å². The number of benzene rings is 2. The summed E-state index contributed by atoms with van der Waals surface area (Å²) in [5, 5.41) is 11.1. The third-order valence-electron chi connectivity index (χ3n) is 9.14. The molecule has 2 aromatic rings. The van der Waals surface area contributed by atoms with Crippen LogP contribution in [0.4, 0.5) is 5.69 Å². The summed E-state index contributed by atoms with van der Waals surface area (Å²) < 4.78 is 17.7. The molecule has 0 fully saturated rings. The van der Waals surface area contributed by atoms with E-state index in [1.165, 1.54) is 12.1 Å². The van der Waals surface area contributed by atoms with Crippen molar-refractivity contribution in [1.29, 1.82) is 0 Å². The lowest BCUT2D eigenvalue weighted by atomic mass is 9.63. The molecule has 1 aliphatic heterocycles. The van der Waals surface area contributed by atoms with Crippen LogP contribution in [0.1, 0.15) is 76.0 Å². The molecule has 0 atom stereocenters. The van der Waals surface area contributed by atoms with E-state index in [2.05, 4.69) is 39.2 Å². The second-order valence-corrected chi connectivity index (χ2v) is 14.1. The van der Waals surface area contributed by atoms with Crippen LogP contribution in [0.5, 0.6) is 11.5 Å². The lowest BCUT2D eigenvalue weighted by molar-refractivity contribution is -0.384. The minimum Gasteiger partial charge on any atom is -0.493 e. The topological polar surface area (TPSA) is 108 Å². The first-order valence-corrected chi connectivity index (χ1v) is 15.8. The summed E-state index contributed by atoms with van der Waals surface area (Å²) >= 11 is 0. The molecule has 244 valence electrons. The zero-order chi connectivity index (χ0) is 33.4. The van der Waals surface area contributed by atoms with E-state index in [4.69, 9.17) is 14.2 Å². The molecule has 0 radical (unpaired) electrons. The van der Waals surface area contributed by atoms with Crippen molar-refractivity contribution in [2.75, 3.05) is 27.4 Å². The summed E-state index contributed by atoms with van der Waals surface area (Å²) in [6.45, 7) is 13.7. The number of methoxy groups -OCH3 is 2. The molecule has 2 aliphatic carbocycles. The molecule has 0 saturated carbocycles. The van der Waals surface area contributed by atoms with Crippen LogP contribution in [-0.4, -0.2) is 48.8 Å². The number of hydrogen-bond acceptors (Lipinski definition) is 8. The number of ether oxygens (including phenoxy) is 3. The summed E-state index contributed by atoms with van der Waals surface area (Å²) in [4.78, 5) is 41.2. The van der Waals surface area contributed by atoms with Gasteiger partial charge in [-0.05, 0) is 59.4 Å². The Hall–Kier alpha value is -4.24. The largest absolute Gasteiger partial charge is 0.493 e. The quantitative estimate of drug-likeness (QED) is 0.146. The fourth-order valence-corrected chi connectivity index (χ4v) is 7.18. The van der Waals surface area contributed by atoms with Crippen molar-refractivity contribution in [3.05, 3.63) is 98.4 Å². The summed E-state index contributed by atoms with van der Waals surface area (Å²) in [5.74, 6) is 0.598. The number of carbonyl (C=O) groups is 2. The van der Waals surface area contributed by atoms with E-state index >= 15 is 0 Å². The van der Waals surface area contributed by atoms with Crippen LogP contribution < -0.4 is 9.47 Å². The Balaban J connectivity index is 1.66. The van der Waals surface area contributed by atoms with Gasteiger partial charge in [-0.15, -0.1) is 6.58 Å². The normalized spacial score (nSPS) is 19.1. The molecule has 9 heteroatoms. The Labute approximate surface area is 271 Å². The minimum absolute atomic E-state index is 0.00920. The van der Waals surface area contributed by atoms with Crippen LogP contribution in [0.25, 0.3) is 0 Å². The fourth-order valence-electron chi connectivity index (χ4n) is 7.18. The van der Waals surface area contributed by atoms with Gasteiger partial charge in [-0.3, -0.25) is 19.7 Å². The number of Topliss-reactive ketones (excluding diaryl/α,β-unsaturated/α-hetero) is 2. The van der Waals surface area contributed by atoms with E-state index in [0.29, 0.717) is 67.9 Å². The number of hydrogen-bond donors (Lipinski definition) is 0. The third-order valence-corrected chi connectivity index (χ3v) is 9.14.